The van der Waals surface area contributed by atoms with Crippen LogP contribution in [0.4, 0.5) is 0 Å². The summed E-state index contributed by atoms with van der Waals surface area (Å²) in [6.07, 6.45) is 1.30. The van der Waals surface area contributed by atoms with Gasteiger partial charge in [0.2, 0.25) is 23.6 Å². The van der Waals surface area contributed by atoms with Gasteiger partial charge in [-0.25, -0.2) is 4.79 Å². The number of hydrogen-bond donors (Lipinski definition) is 7. The van der Waals surface area contributed by atoms with Gasteiger partial charge in [0, 0.05) is 5.75 Å². The minimum Gasteiger partial charge on any atom is -0.480 e. The first kappa shape index (κ1) is 25.7. The Bertz CT molecular complexity index is 653. The molecule has 1 aliphatic heterocycles. The van der Waals surface area contributed by atoms with Crippen LogP contribution in [0.1, 0.15) is 39.5 Å². The molecule has 0 radical (unpaired) electrons. The van der Waals surface area contributed by atoms with Crippen LogP contribution < -0.4 is 27.0 Å². The topological polar surface area (TPSA) is 180 Å². The SMILES string of the molecule is CC(C)CC(NC(=O)C1CCCN1)C(=O)NC(CC(N)=O)C(=O)NC(CS)C(=O)O. The highest BCUT2D eigenvalue weighted by atomic mass is 32.1. The molecular formula is C18H31N5O6S. The standard InChI is InChI=1S/C18H31N5O6S/c1-9(2)6-11(21-15(25)10-4-3-5-20-10)16(26)22-12(7-14(19)24)17(27)23-13(8-30)18(28)29/h9-13,20,30H,3-8H2,1-2H3,(H2,19,24)(H,21,25)(H,22,26)(H,23,27)(H,28,29). The van der Waals surface area contributed by atoms with E-state index < -0.39 is 48.2 Å². The van der Waals surface area contributed by atoms with Gasteiger partial charge in [0.25, 0.3) is 0 Å². The molecule has 4 unspecified atom stereocenters. The van der Waals surface area contributed by atoms with E-state index in [2.05, 4.69) is 33.9 Å². The summed E-state index contributed by atoms with van der Waals surface area (Å²) in [4.78, 5) is 60.1. The van der Waals surface area contributed by atoms with Crippen LogP contribution in [0.2, 0.25) is 0 Å². The van der Waals surface area contributed by atoms with Gasteiger partial charge in [0.15, 0.2) is 0 Å². The van der Waals surface area contributed by atoms with Crippen LogP contribution in [0.25, 0.3) is 0 Å². The average molecular weight is 446 g/mol. The molecule has 4 atom stereocenters. The number of nitrogens with two attached hydrogens (primary N) is 1. The van der Waals surface area contributed by atoms with Crippen molar-refractivity contribution in [1.82, 2.24) is 21.3 Å². The Balaban J connectivity index is 2.89. The molecule has 0 bridgehead atoms. The highest BCUT2D eigenvalue weighted by Gasteiger charge is 2.32. The average Bonchev–Trinajstić information content (AvgIpc) is 3.18. The zero-order valence-electron chi connectivity index (χ0n) is 17.1. The van der Waals surface area contributed by atoms with Crippen LogP contribution in [0.15, 0.2) is 0 Å². The van der Waals surface area contributed by atoms with Gasteiger partial charge >= 0.3 is 5.97 Å². The molecule has 0 aromatic heterocycles. The van der Waals surface area contributed by atoms with E-state index in [0.717, 1.165) is 13.0 Å². The number of carbonyl (C=O) groups is 5. The number of carboxylic acid groups (broad SMARTS) is 1. The van der Waals surface area contributed by atoms with Gasteiger partial charge in [-0.05, 0) is 31.7 Å². The number of carbonyl (C=O) groups excluding carboxylic acids is 4. The Labute approximate surface area is 180 Å². The summed E-state index contributed by atoms with van der Waals surface area (Å²) < 4.78 is 0. The summed E-state index contributed by atoms with van der Waals surface area (Å²) in [5.74, 6) is -4.14. The number of hydrogen-bond acceptors (Lipinski definition) is 7. The lowest BCUT2D eigenvalue weighted by Crippen LogP contribution is -2.58. The van der Waals surface area contributed by atoms with Crippen LogP contribution in [0.3, 0.4) is 0 Å². The van der Waals surface area contributed by atoms with Crippen LogP contribution in [-0.2, 0) is 24.0 Å². The molecule has 12 heteroatoms. The fourth-order valence-corrected chi connectivity index (χ4v) is 3.27. The van der Waals surface area contributed by atoms with E-state index in [9.17, 15) is 24.0 Å². The van der Waals surface area contributed by atoms with E-state index in [4.69, 9.17) is 10.8 Å². The second kappa shape index (κ2) is 12.4. The Kier molecular flexibility index (Phi) is 10.6. The third kappa shape index (κ3) is 8.57. The Morgan fingerprint density at radius 3 is 2.13 bits per heavy atom. The highest BCUT2D eigenvalue weighted by Crippen LogP contribution is 2.09. The number of carboxylic acids is 1. The van der Waals surface area contributed by atoms with Gasteiger partial charge in [-0.15, -0.1) is 0 Å². The van der Waals surface area contributed by atoms with Crippen molar-refractivity contribution >= 4 is 42.2 Å². The monoisotopic (exact) mass is 445 g/mol. The lowest BCUT2D eigenvalue weighted by atomic mass is 10.0. The molecule has 1 saturated heterocycles. The fourth-order valence-electron chi connectivity index (χ4n) is 3.02. The molecule has 7 N–H and O–H groups in total. The van der Waals surface area contributed by atoms with Gasteiger partial charge in [0.05, 0.1) is 12.5 Å². The molecule has 0 spiro atoms. The molecule has 30 heavy (non-hydrogen) atoms. The van der Waals surface area contributed by atoms with Gasteiger partial charge in [-0.3, -0.25) is 19.2 Å². The van der Waals surface area contributed by atoms with Crippen molar-refractivity contribution in [2.75, 3.05) is 12.3 Å². The van der Waals surface area contributed by atoms with Crippen LogP contribution in [0.5, 0.6) is 0 Å². The van der Waals surface area contributed by atoms with E-state index in [1.54, 1.807) is 0 Å². The maximum Gasteiger partial charge on any atom is 0.327 e. The number of amides is 4. The van der Waals surface area contributed by atoms with Gasteiger partial charge in [-0.2, -0.15) is 12.6 Å². The maximum atomic E-state index is 12.8. The summed E-state index contributed by atoms with van der Waals surface area (Å²) in [5, 5.41) is 19.4. The zero-order chi connectivity index (χ0) is 22.8. The molecule has 0 aliphatic carbocycles. The first-order valence-electron chi connectivity index (χ1n) is 9.81. The molecule has 4 amide bonds. The van der Waals surface area contributed by atoms with E-state index in [-0.39, 0.29) is 23.6 Å². The lowest BCUT2D eigenvalue weighted by molar-refractivity contribution is -0.141. The van der Waals surface area contributed by atoms with Crippen molar-refractivity contribution in [3.8, 4) is 0 Å². The number of rotatable bonds is 12. The van der Waals surface area contributed by atoms with Gasteiger partial charge < -0.3 is 32.1 Å². The van der Waals surface area contributed by atoms with Crippen molar-refractivity contribution in [1.29, 1.82) is 0 Å². The van der Waals surface area contributed by atoms with E-state index in [0.29, 0.717) is 12.8 Å². The largest absolute Gasteiger partial charge is 0.480 e. The van der Waals surface area contributed by atoms with Crippen molar-refractivity contribution in [3.05, 3.63) is 0 Å². The zero-order valence-corrected chi connectivity index (χ0v) is 18.0. The third-order valence-corrected chi connectivity index (χ3v) is 4.92. The second-order valence-corrected chi connectivity index (χ2v) is 8.02. The summed E-state index contributed by atoms with van der Waals surface area (Å²) in [6.45, 7) is 4.46. The molecule has 1 fully saturated rings. The molecule has 11 nitrogen and oxygen atoms in total. The number of primary amides is 1. The van der Waals surface area contributed by atoms with E-state index in [1.807, 2.05) is 13.8 Å². The minimum absolute atomic E-state index is 0.0570. The van der Waals surface area contributed by atoms with Crippen LogP contribution in [-0.4, -0.2) is 71.2 Å². The Morgan fingerprint density at radius 2 is 1.67 bits per heavy atom. The summed E-state index contributed by atoms with van der Waals surface area (Å²) >= 11 is 3.86. The summed E-state index contributed by atoms with van der Waals surface area (Å²) in [6, 6.07) is -3.99. The normalized spacial score (nSPS) is 18.9. The fraction of sp³-hybridized carbons (Fsp3) is 0.722. The van der Waals surface area contributed by atoms with Crippen molar-refractivity contribution in [3.63, 3.8) is 0 Å². The smallest absolute Gasteiger partial charge is 0.327 e. The number of thiol groups is 1. The summed E-state index contributed by atoms with van der Waals surface area (Å²) in [7, 11) is 0. The molecular weight excluding hydrogens is 414 g/mol. The quantitative estimate of drug-likeness (QED) is 0.172. The summed E-state index contributed by atoms with van der Waals surface area (Å²) in [5.41, 5.74) is 5.17. The molecule has 1 rings (SSSR count). The van der Waals surface area contributed by atoms with Crippen molar-refractivity contribution in [2.45, 2.75) is 63.7 Å². The van der Waals surface area contributed by atoms with Crippen molar-refractivity contribution in [2.24, 2.45) is 11.7 Å². The first-order chi connectivity index (χ1) is 14.0. The lowest BCUT2D eigenvalue weighted by Gasteiger charge is -2.25. The Morgan fingerprint density at radius 1 is 1.07 bits per heavy atom. The molecule has 170 valence electrons. The van der Waals surface area contributed by atoms with Crippen molar-refractivity contribution < 1.29 is 29.1 Å². The highest BCUT2D eigenvalue weighted by molar-refractivity contribution is 7.80. The van der Waals surface area contributed by atoms with Gasteiger partial charge in [0.1, 0.15) is 18.1 Å². The first-order valence-corrected chi connectivity index (χ1v) is 10.4. The predicted molar refractivity (Wildman–Crippen MR) is 112 cm³/mol. The molecule has 1 heterocycles. The van der Waals surface area contributed by atoms with E-state index >= 15 is 0 Å². The minimum atomic E-state index is -1.38. The Hall–Kier alpha value is -2.34. The third-order valence-electron chi connectivity index (χ3n) is 4.55. The maximum absolute atomic E-state index is 12.8. The molecule has 0 aromatic rings. The van der Waals surface area contributed by atoms with E-state index in [1.165, 1.54) is 0 Å². The molecule has 1 aliphatic rings. The molecule has 0 saturated carbocycles. The van der Waals surface area contributed by atoms with Crippen LogP contribution >= 0.6 is 12.6 Å². The predicted octanol–water partition coefficient (Wildman–Crippen LogP) is -1.87. The van der Waals surface area contributed by atoms with Gasteiger partial charge in [-0.1, -0.05) is 13.8 Å². The van der Waals surface area contributed by atoms with Crippen LogP contribution in [0, 0.1) is 5.92 Å². The molecule has 0 aromatic carbocycles. The number of nitrogens with one attached hydrogen (secondary N) is 4. The number of aliphatic carboxylic acids is 1. The second-order valence-electron chi connectivity index (χ2n) is 7.65.